The van der Waals surface area contributed by atoms with E-state index in [2.05, 4.69) is 27.8 Å². The van der Waals surface area contributed by atoms with Gasteiger partial charge in [0, 0.05) is 19.8 Å². The zero-order chi connectivity index (χ0) is 14.2. The fourth-order valence-corrected chi connectivity index (χ4v) is 1.83. The molecular weight excluding hydrogens is 256 g/mol. The van der Waals surface area contributed by atoms with Crippen LogP contribution in [0.4, 0.5) is 6.01 Å². The number of ether oxygens (including phenoxy) is 1. The standard InChI is InChI=1S/C14H26N4O2/c1-3-7-15-11(2)13-17-18-14(20-13)16-8-4-9-19-10-12-5-6-12/h11-12,15H,3-10H2,1-2H3,(H,16,18). The highest BCUT2D eigenvalue weighted by Crippen LogP contribution is 2.28. The van der Waals surface area contributed by atoms with Crippen LogP contribution in [-0.2, 0) is 4.74 Å². The number of nitrogens with one attached hydrogen (secondary N) is 2. The van der Waals surface area contributed by atoms with Gasteiger partial charge < -0.3 is 19.8 Å². The molecule has 0 spiro atoms. The molecule has 0 radical (unpaired) electrons. The second-order valence-corrected chi connectivity index (χ2v) is 5.42. The van der Waals surface area contributed by atoms with Crippen molar-refractivity contribution in [1.82, 2.24) is 15.5 Å². The number of rotatable bonds is 11. The van der Waals surface area contributed by atoms with Crippen LogP contribution in [0.15, 0.2) is 4.42 Å². The van der Waals surface area contributed by atoms with Crippen molar-refractivity contribution in [1.29, 1.82) is 0 Å². The molecule has 1 atom stereocenters. The largest absolute Gasteiger partial charge is 0.406 e. The lowest BCUT2D eigenvalue weighted by atomic mass is 10.3. The Hall–Kier alpha value is -1.14. The summed E-state index contributed by atoms with van der Waals surface area (Å²) in [5.74, 6) is 1.46. The Morgan fingerprint density at radius 2 is 2.20 bits per heavy atom. The van der Waals surface area contributed by atoms with Crippen molar-refractivity contribution in [3.8, 4) is 0 Å². The van der Waals surface area contributed by atoms with Crippen LogP contribution in [-0.4, -0.2) is 36.5 Å². The predicted molar refractivity (Wildman–Crippen MR) is 77.7 cm³/mol. The molecule has 114 valence electrons. The summed E-state index contributed by atoms with van der Waals surface area (Å²) >= 11 is 0. The summed E-state index contributed by atoms with van der Waals surface area (Å²) in [6.07, 6.45) is 4.72. The molecule has 20 heavy (non-hydrogen) atoms. The Kier molecular flexibility index (Phi) is 6.26. The summed E-state index contributed by atoms with van der Waals surface area (Å²) in [5.41, 5.74) is 0. The van der Waals surface area contributed by atoms with Crippen molar-refractivity contribution in [3.63, 3.8) is 0 Å². The summed E-state index contributed by atoms with van der Waals surface area (Å²) in [6, 6.07) is 0.590. The monoisotopic (exact) mass is 282 g/mol. The van der Waals surface area contributed by atoms with E-state index in [0.717, 1.165) is 45.1 Å². The summed E-state index contributed by atoms with van der Waals surface area (Å²) in [5, 5.41) is 14.5. The lowest BCUT2D eigenvalue weighted by Gasteiger charge is -2.07. The molecular formula is C14H26N4O2. The van der Waals surface area contributed by atoms with Crippen molar-refractivity contribution in [2.24, 2.45) is 5.92 Å². The van der Waals surface area contributed by atoms with Crippen molar-refractivity contribution in [2.75, 3.05) is 31.6 Å². The van der Waals surface area contributed by atoms with Gasteiger partial charge in [0.2, 0.25) is 5.89 Å². The van der Waals surface area contributed by atoms with Gasteiger partial charge in [-0.1, -0.05) is 12.0 Å². The SMILES string of the molecule is CCCNC(C)c1nnc(NCCCOCC2CC2)o1. The van der Waals surface area contributed by atoms with E-state index in [9.17, 15) is 0 Å². The van der Waals surface area contributed by atoms with E-state index in [1.54, 1.807) is 0 Å². The van der Waals surface area contributed by atoms with Crippen LogP contribution in [0.1, 0.15) is 51.5 Å². The van der Waals surface area contributed by atoms with Gasteiger partial charge in [0.1, 0.15) is 0 Å². The molecule has 1 fully saturated rings. The maximum Gasteiger partial charge on any atom is 0.315 e. The van der Waals surface area contributed by atoms with Gasteiger partial charge in [0.15, 0.2) is 0 Å². The third-order valence-electron chi connectivity index (χ3n) is 3.30. The first-order valence-corrected chi connectivity index (χ1v) is 7.68. The van der Waals surface area contributed by atoms with Crippen LogP contribution >= 0.6 is 0 Å². The molecule has 0 saturated heterocycles. The first kappa shape index (κ1) is 15.3. The molecule has 1 aliphatic carbocycles. The Balaban J connectivity index is 1.56. The second-order valence-electron chi connectivity index (χ2n) is 5.42. The minimum absolute atomic E-state index is 0.0971. The molecule has 6 heteroatoms. The molecule has 2 N–H and O–H groups in total. The summed E-state index contributed by atoms with van der Waals surface area (Å²) in [7, 11) is 0. The van der Waals surface area contributed by atoms with Gasteiger partial charge in [0.05, 0.1) is 6.04 Å². The molecule has 0 aromatic carbocycles. The quantitative estimate of drug-likeness (QED) is 0.607. The smallest absolute Gasteiger partial charge is 0.315 e. The number of nitrogens with zero attached hydrogens (tertiary/aromatic N) is 2. The third kappa shape index (κ3) is 5.46. The molecule has 2 rings (SSSR count). The molecule has 6 nitrogen and oxygen atoms in total. The lowest BCUT2D eigenvalue weighted by molar-refractivity contribution is 0.124. The normalized spacial score (nSPS) is 16.3. The van der Waals surface area contributed by atoms with Crippen LogP contribution in [0.2, 0.25) is 0 Å². The molecule has 0 aliphatic heterocycles. The van der Waals surface area contributed by atoms with E-state index >= 15 is 0 Å². The maximum absolute atomic E-state index is 5.57. The van der Waals surface area contributed by atoms with Gasteiger partial charge in [0.25, 0.3) is 0 Å². The second kappa shape index (κ2) is 8.21. The molecule has 1 heterocycles. The van der Waals surface area contributed by atoms with E-state index < -0.39 is 0 Å². The highest BCUT2D eigenvalue weighted by atomic mass is 16.5. The van der Waals surface area contributed by atoms with Gasteiger partial charge in [-0.05, 0) is 45.1 Å². The fraction of sp³-hybridized carbons (Fsp3) is 0.857. The van der Waals surface area contributed by atoms with Crippen LogP contribution < -0.4 is 10.6 Å². The Labute approximate surface area is 120 Å². The van der Waals surface area contributed by atoms with E-state index in [-0.39, 0.29) is 6.04 Å². The van der Waals surface area contributed by atoms with Gasteiger partial charge >= 0.3 is 6.01 Å². The molecule has 1 aliphatic rings. The van der Waals surface area contributed by atoms with Gasteiger partial charge in [-0.25, -0.2) is 0 Å². The Bertz CT molecular complexity index is 379. The number of anilines is 1. The average Bonchev–Trinajstić information content (AvgIpc) is 3.16. The van der Waals surface area contributed by atoms with E-state index in [1.165, 1.54) is 12.8 Å². The van der Waals surface area contributed by atoms with E-state index in [0.29, 0.717) is 11.9 Å². The highest BCUT2D eigenvalue weighted by molar-refractivity contribution is 5.16. The number of aromatic nitrogens is 2. The Morgan fingerprint density at radius 3 is 2.95 bits per heavy atom. The third-order valence-corrected chi connectivity index (χ3v) is 3.30. The van der Waals surface area contributed by atoms with Crippen molar-refractivity contribution in [2.45, 2.75) is 45.6 Å². The van der Waals surface area contributed by atoms with Crippen LogP contribution in [0.25, 0.3) is 0 Å². The lowest BCUT2D eigenvalue weighted by Crippen LogP contribution is -2.19. The topological polar surface area (TPSA) is 72.2 Å². The van der Waals surface area contributed by atoms with Gasteiger partial charge in [-0.15, -0.1) is 5.10 Å². The molecule has 1 saturated carbocycles. The van der Waals surface area contributed by atoms with E-state index in [1.807, 2.05) is 6.92 Å². The molecule has 1 aromatic heterocycles. The predicted octanol–water partition coefficient (Wildman–Crippen LogP) is 2.36. The van der Waals surface area contributed by atoms with Crippen LogP contribution in [0, 0.1) is 5.92 Å². The van der Waals surface area contributed by atoms with Crippen LogP contribution in [0.5, 0.6) is 0 Å². The summed E-state index contributed by atoms with van der Waals surface area (Å²) in [6.45, 7) is 7.61. The zero-order valence-electron chi connectivity index (χ0n) is 12.5. The Morgan fingerprint density at radius 1 is 1.35 bits per heavy atom. The minimum atomic E-state index is 0.0971. The highest BCUT2D eigenvalue weighted by Gasteiger charge is 2.20. The number of hydrogen-bond donors (Lipinski definition) is 2. The van der Waals surface area contributed by atoms with Crippen molar-refractivity contribution >= 4 is 6.01 Å². The van der Waals surface area contributed by atoms with Crippen LogP contribution in [0.3, 0.4) is 0 Å². The summed E-state index contributed by atoms with van der Waals surface area (Å²) in [4.78, 5) is 0. The zero-order valence-corrected chi connectivity index (χ0v) is 12.5. The first-order chi connectivity index (χ1) is 9.79. The minimum Gasteiger partial charge on any atom is -0.406 e. The van der Waals surface area contributed by atoms with Gasteiger partial charge in [-0.3, -0.25) is 0 Å². The molecule has 1 unspecified atom stereocenters. The van der Waals surface area contributed by atoms with Gasteiger partial charge in [-0.2, -0.15) is 0 Å². The first-order valence-electron chi connectivity index (χ1n) is 7.68. The summed E-state index contributed by atoms with van der Waals surface area (Å²) < 4.78 is 11.1. The maximum atomic E-state index is 5.57. The molecule has 0 amide bonds. The number of hydrogen-bond acceptors (Lipinski definition) is 6. The van der Waals surface area contributed by atoms with Crippen molar-refractivity contribution < 1.29 is 9.15 Å². The average molecular weight is 282 g/mol. The van der Waals surface area contributed by atoms with E-state index in [4.69, 9.17) is 9.15 Å². The fourth-order valence-electron chi connectivity index (χ4n) is 1.83. The van der Waals surface area contributed by atoms with Crippen molar-refractivity contribution in [3.05, 3.63) is 5.89 Å². The molecule has 0 bridgehead atoms. The molecule has 1 aromatic rings.